The van der Waals surface area contributed by atoms with E-state index in [1.165, 1.54) is 24.8 Å². The van der Waals surface area contributed by atoms with Crippen molar-refractivity contribution in [2.24, 2.45) is 0 Å². The normalized spacial score (nSPS) is 14.7. The number of hydrogen-bond acceptors (Lipinski definition) is 3. The van der Waals surface area contributed by atoms with Crippen molar-refractivity contribution in [2.45, 2.75) is 78.7 Å². The third-order valence-electron chi connectivity index (χ3n) is 4.79. The Labute approximate surface area is 140 Å². The van der Waals surface area contributed by atoms with E-state index in [0.717, 1.165) is 54.7 Å². The molecule has 2 rings (SSSR count). The SMILES string of the molecule is CCCCCC(=O)C1=C(C)c2coc(CCCCC)c2CNC1. The van der Waals surface area contributed by atoms with Crippen molar-refractivity contribution in [2.75, 3.05) is 6.54 Å². The van der Waals surface area contributed by atoms with E-state index in [9.17, 15) is 4.79 Å². The molecule has 3 nitrogen and oxygen atoms in total. The fourth-order valence-corrected chi connectivity index (χ4v) is 3.28. The number of fused-ring (bicyclic) bond motifs is 1. The minimum Gasteiger partial charge on any atom is -0.468 e. The van der Waals surface area contributed by atoms with Gasteiger partial charge in [-0.2, -0.15) is 0 Å². The predicted molar refractivity (Wildman–Crippen MR) is 95.4 cm³/mol. The molecule has 128 valence electrons. The van der Waals surface area contributed by atoms with Gasteiger partial charge < -0.3 is 9.73 Å². The van der Waals surface area contributed by atoms with Crippen molar-refractivity contribution in [3.05, 3.63) is 28.7 Å². The number of unbranched alkanes of at least 4 members (excludes halogenated alkanes) is 4. The quantitative estimate of drug-likeness (QED) is 0.649. The van der Waals surface area contributed by atoms with Crippen LogP contribution in [-0.2, 0) is 17.8 Å². The first-order chi connectivity index (χ1) is 11.2. The number of hydrogen-bond donors (Lipinski definition) is 1. The second kappa shape index (κ2) is 9.07. The number of ketones is 1. The van der Waals surface area contributed by atoms with E-state index in [0.29, 0.717) is 18.7 Å². The molecule has 0 radical (unpaired) electrons. The second-order valence-electron chi connectivity index (χ2n) is 6.60. The zero-order chi connectivity index (χ0) is 16.7. The molecule has 0 spiro atoms. The Bertz CT molecular complexity index is 554. The first-order valence-electron chi connectivity index (χ1n) is 9.22. The van der Waals surface area contributed by atoms with Crippen LogP contribution in [0.25, 0.3) is 5.57 Å². The maximum absolute atomic E-state index is 12.5. The summed E-state index contributed by atoms with van der Waals surface area (Å²) in [5, 5.41) is 3.43. The Kier molecular flexibility index (Phi) is 7.10. The summed E-state index contributed by atoms with van der Waals surface area (Å²) in [6, 6.07) is 0. The number of carbonyl (C=O) groups excluding carboxylic acids is 1. The van der Waals surface area contributed by atoms with Gasteiger partial charge in [-0.3, -0.25) is 4.79 Å². The maximum Gasteiger partial charge on any atom is 0.160 e. The summed E-state index contributed by atoms with van der Waals surface area (Å²) in [5.41, 5.74) is 4.45. The first-order valence-corrected chi connectivity index (χ1v) is 9.22. The van der Waals surface area contributed by atoms with Gasteiger partial charge in [0, 0.05) is 42.6 Å². The smallest absolute Gasteiger partial charge is 0.160 e. The Balaban J connectivity index is 2.15. The molecule has 0 saturated carbocycles. The molecule has 1 N–H and O–H groups in total. The van der Waals surface area contributed by atoms with Gasteiger partial charge in [-0.05, 0) is 25.3 Å². The van der Waals surface area contributed by atoms with E-state index in [4.69, 9.17) is 4.42 Å². The number of allylic oxidation sites excluding steroid dienone is 1. The van der Waals surface area contributed by atoms with Gasteiger partial charge in [-0.1, -0.05) is 39.5 Å². The molecule has 0 fully saturated rings. The van der Waals surface area contributed by atoms with Crippen molar-refractivity contribution in [1.29, 1.82) is 0 Å². The van der Waals surface area contributed by atoms with Gasteiger partial charge in [-0.15, -0.1) is 0 Å². The second-order valence-corrected chi connectivity index (χ2v) is 6.60. The Hall–Kier alpha value is -1.35. The first kappa shape index (κ1) is 18.0. The molecule has 0 atom stereocenters. The van der Waals surface area contributed by atoms with Gasteiger partial charge >= 0.3 is 0 Å². The fraction of sp³-hybridized carbons (Fsp3) is 0.650. The third kappa shape index (κ3) is 4.57. The van der Waals surface area contributed by atoms with Crippen molar-refractivity contribution in [1.82, 2.24) is 5.32 Å². The van der Waals surface area contributed by atoms with Crippen LogP contribution >= 0.6 is 0 Å². The number of nitrogens with one attached hydrogen (secondary N) is 1. The maximum atomic E-state index is 12.5. The minimum absolute atomic E-state index is 0.296. The van der Waals surface area contributed by atoms with Gasteiger partial charge in [0.05, 0.1) is 6.26 Å². The van der Waals surface area contributed by atoms with Crippen LogP contribution in [0.1, 0.15) is 82.6 Å². The lowest BCUT2D eigenvalue weighted by molar-refractivity contribution is -0.115. The molecule has 1 aliphatic heterocycles. The van der Waals surface area contributed by atoms with E-state index in [2.05, 4.69) is 26.1 Å². The Morgan fingerprint density at radius 3 is 2.61 bits per heavy atom. The van der Waals surface area contributed by atoms with Gasteiger partial charge in [0.1, 0.15) is 5.76 Å². The molecule has 23 heavy (non-hydrogen) atoms. The van der Waals surface area contributed by atoms with E-state index >= 15 is 0 Å². The number of furan rings is 1. The largest absolute Gasteiger partial charge is 0.468 e. The summed E-state index contributed by atoms with van der Waals surface area (Å²) < 4.78 is 5.83. The van der Waals surface area contributed by atoms with Gasteiger partial charge in [0.2, 0.25) is 0 Å². The lowest BCUT2D eigenvalue weighted by atomic mass is 9.95. The summed E-state index contributed by atoms with van der Waals surface area (Å²) >= 11 is 0. The molecule has 2 heterocycles. The molecule has 1 aromatic rings. The third-order valence-corrected chi connectivity index (χ3v) is 4.79. The van der Waals surface area contributed by atoms with Crippen LogP contribution in [0.5, 0.6) is 0 Å². The number of rotatable bonds is 9. The highest BCUT2D eigenvalue weighted by molar-refractivity contribution is 6.03. The van der Waals surface area contributed by atoms with Crippen LogP contribution in [-0.4, -0.2) is 12.3 Å². The van der Waals surface area contributed by atoms with Crippen molar-refractivity contribution in [3.63, 3.8) is 0 Å². The molecule has 0 bridgehead atoms. The van der Waals surface area contributed by atoms with Crippen LogP contribution in [0.4, 0.5) is 0 Å². The summed E-state index contributed by atoms with van der Waals surface area (Å²) in [6.07, 6.45) is 10.4. The average Bonchev–Trinajstić information content (AvgIpc) is 2.86. The fourth-order valence-electron chi connectivity index (χ4n) is 3.28. The number of aryl methyl sites for hydroxylation is 1. The highest BCUT2D eigenvalue weighted by atomic mass is 16.3. The summed E-state index contributed by atoms with van der Waals surface area (Å²) in [6.45, 7) is 7.94. The number of carbonyl (C=O) groups is 1. The van der Waals surface area contributed by atoms with E-state index in [1.807, 2.05) is 6.26 Å². The van der Waals surface area contributed by atoms with E-state index in [-0.39, 0.29) is 0 Å². The van der Waals surface area contributed by atoms with E-state index in [1.54, 1.807) is 0 Å². The van der Waals surface area contributed by atoms with Gasteiger partial charge in [0.15, 0.2) is 5.78 Å². The van der Waals surface area contributed by atoms with Crippen LogP contribution in [0.3, 0.4) is 0 Å². The van der Waals surface area contributed by atoms with Gasteiger partial charge in [-0.25, -0.2) is 0 Å². The molecule has 1 aliphatic rings. The lowest BCUT2D eigenvalue weighted by Crippen LogP contribution is -2.19. The molecule has 0 unspecified atom stereocenters. The molecule has 1 aromatic heterocycles. The molecular formula is C20H31NO2. The zero-order valence-corrected chi connectivity index (χ0v) is 15.0. The summed E-state index contributed by atoms with van der Waals surface area (Å²) in [4.78, 5) is 12.5. The molecule has 0 aliphatic carbocycles. The minimum atomic E-state index is 0.296. The molecule has 0 aromatic carbocycles. The highest BCUT2D eigenvalue weighted by Gasteiger charge is 2.22. The number of Topliss-reactive ketones (excluding diaryl/α,β-unsaturated/α-hetero) is 1. The van der Waals surface area contributed by atoms with Crippen LogP contribution in [0.2, 0.25) is 0 Å². The zero-order valence-electron chi connectivity index (χ0n) is 15.0. The van der Waals surface area contributed by atoms with Crippen LogP contribution in [0.15, 0.2) is 16.3 Å². The monoisotopic (exact) mass is 317 g/mol. The standard InChI is InChI=1S/C20H31NO2/c1-4-6-8-10-19(22)16-12-21-13-17-18(15(16)3)14-23-20(17)11-9-7-5-2/h14,21H,4-13H2,1-3H3. The van der Waals surface area contributed by atoms with Crippen LogP contribution < -0.4 is 5.32 Å². The molecule has 3 heteroatoms. The highest BCUT2D eigenvalue weighted by Crippen LogP contribution is 2.30. The van der Waals surface area contributed by atoms with Crippen molar-refractivity contribution in [3.8, 4) is 0 Å². The Morgan fingerprint density at radius 2 is 1.87 bits per heavy atom. The predicted octanol–water partition coefficient (Wildman–Crippen LogP) is 5.04. The summed E-state index contributed by atoms with van der Waals surface area (Å²) in [5.74, 6) is 1.39. The van der Waals surface area contributed by atoms with Crippen molar-refractivity contribution >= 4 is 11.4 Å². The Morgan fingerprint density at radius 1 is 1.13 bits per heavy atom. The lowest BCUT2D eigenvalue weighted by Gasteiger charge is -2.08. The average molecular weight is 317 g/mol. The molecule has 0 saturated heterocycles. The molecule has 0 amide bonds. The topological polar surface area (TPSA) is 42.2 Å². The van der Waals surface area contributed by atoms with E-state index < -0.39 is 0 Å². The van der Waals surface area contributed by atoms with Crippen LogP contribution in [0, 0.1) is 0 Å². The van der Waals surface area contributed by atoms with Crippen molar-refractivity contribution < 1.29 is 9.21 Å². The summed E-state index contributed by atoms with van der Waals surface area (Å²) in [7, 11) is 0. The molecular weight excluding hydrogens is 286 g/mol. The van der Waals surface area contributed by atoms with Gasteiger partial charge in [0.25, 0.3) is 0 Å².